The molecule has 0 unspecified atom stereocenters. The van der Waals surface area contributed by atoms with Crippen LogP contribution in [-0.2, 0) is 16.1 Å². The maximum Gasteiger partial charge on any atom is 0.338 e. The molecule has 4 rings (SSSR count). The van der Waals surface area contributed by atoms with Gasteiger partial charge in [-0.2, -0.15) is 0 Å². The second kappa shape index (κ2) is 8.74. The van der Waals surface area contributed by atoms with Crippen LogP contribution in [0.15, 0.2) is 66.7 Å². The van der Waals surface area contributed by atoms with Crippen molar-refractivity contribution in [3.63, 3.8) is 0 Å². The molecule has 3 aromatic carbocycles. The molecule has 0 spiro atoms. The molecule has 156 valence electrons. The van der Waals surface area contributed by atoms with E-state index in [2.05, 4.69) is 15.6 Å². The van der Waals surface area contributed by atoms with Gasteiger partial charge < -0.3 is 10.1 Å². The van der Waals surface area contributed by atoms with Crippen molar-refractivity contribution in [2.75, 3.05) is 11.9 Å². The number of anilines is 1. The summed E-state index contributed by atoms with van der Waals surface area (Å²) in [6.07, 6.45) is 0. The van der Waals surface area contributed by atoms with E-state index in [4.69, 9.17) is 4.74 Å². The van der Waals surface area contributed by atoms with E-state index in [1.54, 1.807) is 41.9 Å². The first-order chi connectivity index (χ1) is 15.0. The lowest BCUT2D eigenvalue weighted by molar-refractivity contribution is -0.119. The normalized spacial score (nSPS) is 10.8. The molecule has 0 saturated heterocycles. The number of aromatic nitrogens is 3. The van der Waals surface area contributed by atoms with Gasteiger partial charge in [0.05, 0.1) is 23.3 Å². The maximum absolute atomic E-state index is 13.8. The minimum Gasteiger partial charge on any atom is -0.452 e. The molecule has 1 aromatic heterocycles. The largest absolute Gasteiger partial charge is 0.452 e. The first-order valence-electron chi connectivity index (χ1n) is 9.60. The monoisotopic (exact) mass is 418 g/mol. The second-order valence-electron chi connectivity index (χ2n) is 7.04. The Hall–Kier alpha value is -4.07. The highest BCUT2D eigenvalue weighted by atomic mass is 19.1. The number of aryl methyl sites for hydroxylation is 1. The van der Waals surface area contributed by atoms with Crippen molar-refractivity contribution in [1.29, 1.82) is 0 Å². The van der Waals surface area contributed by atoms with Gasteiger partial charge in [0.15, 0.2) is 6.61 Å². The zero-order valence-corrected chi connectivity index (χ0v) is 16.7. The van der Waals surface area contributed by atoms with E-state index in [0.29, 0.717) is 12.1 Å². The Morgan fingerprint density at radius 3 is 2.61 bits per heavy atom. The number of nitrogens with zero attached hydrogens (tertiary/aromatic N) is 3. The van der Waals surface area contributed by atoms with E-state index < -0.39 is 24.3 Å². The third-order valence-electron chi connectivity index (χ3n) is 4.68. The predicted molar refractivity (Wildman–Crippen MR) is 113 cm³/mol. The Kier molecular flexibility index (Phi) is 5.70. The zero-order valence-electron chi connectivity index (χ0n) is 16.7. The minimum atomic E-state index is -0.641. The lowest BCUT2D eigenvalue weighted by Gasteiger charge is -2.08. The van der Waals surface area contributed by atoms with Crippen molar-refractivity contribution in [3.05, 3.63) is 89.2 Å². The van der Waals surface area contributed by atoms with Crippen LogP contribution in [0.3, 0.4) is 0 Å². The first-order valence-corrected chi connectivity index (χ1v) is 9.60. The van der Waals surface area contributed by atoms with Gasteiger partial charge in [0.1, 0.15) is 11.3 Å². The van der Waals surface area contributed by atoms with Crippen LogP contribution < -0.4 is 5.32 Å². The highest BCUT2D eigenvalue weighted by molar-refractivity contribution is 5.95. The number of hydrogen-bond donors (Lipinski definition) is 1. The van der Waals surface area contributed by atoms with E-state index in [1.807, 2.05) is 24.3 Å². The lowest BCUT2D eigenvalue weighted by Crippen LogP contribution is -2.21. The van der Waals surface area contributed by atoms with Crippen molar-refractivity contribution in [3.8, 4) is 0 Å². The van der Waals surface area contributed by atoms with Gasteiger partial charge in [0, 0.05) is 0 Å². The predicted octanol–water partition coefficient (Wildman–Crippen LogP) is 3.72. The van der Waals surface area contributed by atoms with E-state index in [1.165, 1.54) is 12.1 Å². The topological polar surface area (TPSA) is 86.1 Å². The molecule has 0 saturated carbocycles. The standard InChI is InChI=1S/C23H19FN4O3/c1-15-6-11-19(18(24)12-15)25-22(29)14-31-23(30)17-9-7-16(8-10-17)13-28-21-5-3-2-4-20(21)26-27-28/h2-12H,13-14H2,1H3,(H,25,29). The number of halogens is 1. The highest BCUT2D eigenvalue weighted by Crippen LogP contribution is 2.16. The van der Waals surface area contributed by atoms with Crippen LogP contribution in [-0.4, -0.2) is 33.5 Å². The number of esters is 1. The number of para-hydroxylation sites is 1. The molecule has 0 aliphatic heterocycles. The highest BCUT2D eigenvalue weighted by Gasteiger charge is 2.12. The van der Waals surface area contributed by atoms with Gasteiger partial charge in [-0.1, -0.05) is 35.5 Å². The molecule has 0 aliphatic rings. The fraction of sp³-hybridized carbons (Fsp3) is 0.130. The van der Waals surface area contributed by atoms with Crippen LogP contribution in [0.4, 0.5) is 10.1 Å². The SMILES string of the molecule is Cc1ccc(NC(=O)COC(=O)c2ccc(Cn3nnc4ccccc43)cc2)c(F)c1. The molecule has 8 heteroatoms. The number of carbonyl (C=O) groups excluding carboxylic acids is 2. The Labute approximate surface area is 177 Å². The van der Waals surface area contributed by atoms with Gasteiger partial charge >= 0.3 is 5.97 Å². The molecule has 0 aliphatic carbocycles. The summed E-state index contributed by atoms with van der Waals surface area (Å²) in [5, 5.41) is 10.7. The quantitative estimate of drug-likeness (QED) is 0.482. The van der Waals surface area contributed by atoms with Crippen molar-refractivity contribution < 1.29 is 18.7 Å². The molecule has 7 nitrogen and oxygen atoms in total. The van der Waals surface area contributed by atoms with Crippen LogP contribution in [0.2, 0.25) is 0 Å². The lowest BCUT2D eigenvalue weighted by atomic mass is 10.1. The number of fused-ring (bicyclic) bond motifs is 1. The van der Waals surface area contributed by atoms with Crippen molar-refractivity contribution in [1.82, 2.24) is 15.0 Å². The molecule has 4 aromatic rings. The number of benzene rings is 3. The van der Waals surface area contributed by atoms with Crippen LogP contribution in [0.25, 0.3) is 11.0 Å². The van der Waals surface area contributed by atoms with Crippen LogP contribution in [0, 0.1) is 12.7 Å². The van der Waals surface area contributed by atoms with Gasteiger partial charge in [-0.05, 0) is 54.4 Å². The second-order valence-corrected chi connectivity index (χ2v) is 7.04. The van der Waals surface area contributed by atoms with E-state index in [9.17, 15) is 14.0 Å². The fourth-order valence-corrected chi connectivity index (χ4v) is 3.08. The summed E-state index contributed by atoms with van der Waals surface area (Å²) in [4.78, 5) is 24.2. The summed E-state index contributed by atoms with van der Waals surface area (Å²) in [6.45, 7) is 1.73. The average Bonchev–Trinajstić information content (AvgIpc) is 3.17. The van der Waals surface area contributed by atoms with Crippen LogP contribution >= 0.6 is 0 Å². The summed E-state index contributed by atoms with van der Waals surface area (Å²) in [5.74, 6) is -1.81. The van der Waals surface area contributed by atoms with Gasteiger partial charge in [-0.15, -0.1) is 5.10 Å². The molecule has 1 N–H and O–H groups in total. The number of hydrogen-bond acceptors (Lipinski definition) is 5. The first kappa shape index (κ1) is 20.2. The summed E-state index contributed by atoms with van der Waals surface area (Å²) in [6, 6.07) is 18.9. The minimum absolute atomic E-state index is 0.0386. The summed E-state index contributed by atoms with van der Waals surface area (Å²) in [7, 11) is 0. The third kappa shape index (κ3) is 4.75. The number of ether oxygens (including phenoxy) is 1. The van der Waals surface area contributed by atoms with Crippen LogP contribution in [0.5, 0.6) is 0 Å². The number of amides is 1. The third-order valence-corrected chi connectivity index (χ3v) is 4.68. The molecule has 0 atom stereocenters. The van der Waals surface area contributed by atoms with E-state index in [-0.39, 0.29) is 5.69 Å². The van der Waals surface area contributed by atoms with Gasteiger partial charge in [0.2, 0.25) is 0 Å². The van der Waals surface area contributed by atoms with Crippen molar-refractivity contribution in [2.24, 2.45) is 0 Å². The Morgan fingerprint density at radius 1 is 1.06 bits per heavy atom. The number of carbonyl (C=O) groups is 2. The average molecular weight is 418 g/mol. The maximum atomic E-state index is 13.8. The number of nitrogens with one attached hydrogen (secondary N) is 1. The van der Waals surface area contributed by atoms with Crippen molar-refractivity contribution in [2.45, 2.75) is 13.5 Å². The Morgan fingerprint density at radius 2 is 1.84 bits per heavy atom. The van der Waals surface area contributed by atoms with Crippen molar-refractivity contribution >= 4 is 28.6 Å². The Balaban J connectivity index is 1.33. The van der Waals surface area contributed by atoms with Crippen LogP contribution in [0.1, 0.15) is 21.5 Å². The molecular formula is C23H19FN4O3. The summed E-state index contributed by atoms with van der Waals surface area (Å²) < 4.78 is 20.6. The summed E-state index contributed by atoms with van der Waals surface area (Å²) >= 11 is 0. The fourth-order valence-electron chi connectivity index (χ4n) is 3.08. The van der Waals surface area contributed by atoms with Gasteiger partial charge in [0.25, 0.3) is 5.91 Å². The Bertz CT molecular complexity index is 1250. The van der Waals surface area contributed by atoms with Gasteiger partial charge in [-0.3, -0.25) is 4.79 Å². The molecule has 0 fully saturated rings. The number of rotatable bonds is 6. The zero-order chi connectivity index (χ0) is 21.8. The molecule has 0 radical (unpaired) electrons. The molecule has 31 heavy (non-hydrogen) atoms. The molecule has 1 amide bonds. The summed E-state index contributed by atoms with van der Waals surface area (Å²) in [5.41, 5.74) is 3.74. The van der Waals surface area contributed by atoms with E-state index >= 15 is 0 Å². The smallest absolute Gasteiger partial charge is 0.338 e. The van der Waals surface area contributed by atoms with E-state index in [0.717, 1.165) is 22.2 Å². The molecule has 0 bridgehead atoms. The molecular weight excluding hydrogens is 399 g/mol. The van der Waals surface area contributed by atoms with Gasteiger partial charge in [-0.25, -0.2) is 13.9 Å². The molecule has 1 heterocycles.